The molecule has 0 spiro atoms. The number of benzene rings is 1. The van der Waals surface area contributed by atoms with Gasteiger partial charge in [0.05, 0.1) is 11.3 Å². The molecule has 1 aliphatic rings. The van der Waals surface area contributed by atoms with Gasteiger partial charge in [-0.15, -0.1) is 0 Å². The van der Waals surface area contributed by atoms with E-state index < -0.39 is 4.92 Å². The van der Waals surface area contributed by atoms with Crippen LogP contribution in [0.5, 0.6) is 0 Å². The SMILES string of the molecule is CCCOCCCNc1cc2c(cc1[N+](=O)[O-])CC(=O)N2. The molecular formula is C14H19N3O4. The van der Waals surface area contributed by atoms with Gasteiger partial charge in [-0.2, -0.15) is 0 Å². The zero-order valence-electron chi connectivity index (χ0n) is 12.0. The fourth-order valence-electron chi connectivity index (χ4n) is 2.20. The van der Waals surface area contributed by atoms with Crippen molar-refractivity contribution in [3.63, 3.8) is 0 Å². The number of carbonyl (C=O) groups is 1. The number of rotatable bonds is 8. The molecule has 7 nitrogen and oxygen atoms in total. The average Bonchev–Trinajstić information content (AvgIpc) is 2.80. The number of nitrogens with zero attached hydrogens (tertiary/aromatic N) is 1. The molecule has 1 aliphatic heterocycles. The first kappa shape index (κ1) is 15.2. The highest BCUT2D eigenvalue weighted by molar-refractivity contribution is 6.00. The van der Waals surface area contributed by atoms with E-state index in [9.17, 15) is 14.9 Å². The lowest BCUT2D eigenvalue weighted by atomic mass is 10.1. The van der Waals surface area contributed by atoms with E-state index in [0.717, 1.165) is 19.4 Å². The van der Waals surface area contributed by atoms with Crippen LogP contribution >= 0.6 is 0 Å². The highest BCUT2D eigenvalue weighted by Gasteiger charge is 2.24. The summed E-state index contributed by atoms with van der Waals surface area (Å²) in [5, 5.41) is 16.9. The Hall–Kier alpha value is -2.15. The second-order valence-corrected chi connectivity index (χ2v) is 4.90. The van der Waals surface area contributed by atoms with Crippen molar-refractivity contribution in [1.29, 1.82) is 0 Å². The maximum absolute atomic E-state index is 11.3. The van der Waals surface area contributed by atoms with Crippen LogP contribution < -0.4 is 10.6 Å². The molecule has 114 valence electrons. The van der Waals surface area contributed by atoms with Gasteiger partial charge in [-0.25, -0.2) is 0 Å². The van der Waals surface area contributed by atoms with E-state index in [1.807, 2.05) is 6.92 Å². The monoisotopic (exact) mass is 293 g/mol. The molecule has 1 aromatic carbocycles. The first-order chi connectivity index (χ1) is 10.1. The van der Waals surface area contributed by atoms with Crippen molar-refractivity contribution in [3.05, 3.63) is 27.8 Å². The lowest BCUT2D eigenvalue weighted by molar-refractivity contribution is -0.384. The van der Waals surface area contributed by atoms with Crippen LogP contribution in [0.3, 0.4) is 0 Å². The number of nitro groups is 1. The molecule has 0 saturated heterocycles. The molecule has 7 heteroatoms. The summed E-state index contributed by atoms with van der Waals surface area (Å²) < 4.78 is 5.36. The number of nitro benzene ring substituents is 1. The molecule has 0 aliphatic carbocycles. The maximum atomic E-state index is 11.3. The van der Waals surface area contributed by atoms with Gasteiger partial charge in [0.2, 0.25) is 5.91 Å². The second kappa shape index (κ2) is 7.03. The summed E-state index contributed by atoms with van der Waals surface area (Å²) in [6, 6.07) is 3.09. The molecular weight excluding hydrogens is 274 g/mol. The summed E-state index contributed by atoms with van der Waals surface area (Å²) in [5.41, 5.74) is 1.75. The van der Waals surface area contributed by atoms with Crippen LogP contribution in [0.2, 0.25) is 0 Å². The molecule has 0 aromatic heterocycles. The first-order valence-corrected chi connectivity index (χ1v) is 7.04. The van der Waals surface area contributed by atoms with E-state index >= 15 is 0 Å². The van der Waals surface area contributed by atoms with E-state index in [2.05, 4.69) is 10.6 Å². The van der Waals surface area contributed by atoms with Crippen molar-refractivity contribution in [1.82, 2.24) is 0 Å². The molecule has 1 heterocycles. The number of carbonyl (C=O) groups excluding carboxylic acids is 1. The summed E-state index contributed by atoms with van der Waals surface area (Å²) in [6.07, 6.45) is 1.94. The molecule has 0 unspecified atom stereocenters. The predicted molar refractivity (Wildman–Crippen MR) is 79.6 cm³/mol. The van der Waals surface area contributed by atoms with Gasteiger partial charge in [0.25, 0.3) is 5.69 Å². The fraction of sp³-hybridized carbons (Fsp3) is 0.500. The van der Waals surface area contributed by atoms with Crippen molar-refractivity contribution >= 4 is 23.0 Å². The van der Waals surface area contributed by atoms with E-state index in [-0.39, 0.29) is 18.0 Å². The molecule has 0 radical (unpaired) electrons. The zero-order valence-corrected chi connectivity index (χ0v) is 12.0. The van der Waals surface area contributed by atoms with Crippen LogP contribution in [0, 0.1) is 10.1 Å². The molecule has 0 fully saturated rings. The van der Waals surface area contributed by atoms with Gasteiger partial charge < -0.3 is 15.4 Å². The molecule has 0 saturated carbocycles. The van der Waals surface area contributed by atoms with Crippen LogP contribution in [0.25, 0.3) is 0 Å². The summed E-state index contributed by atoms with van der Waals surface area (Å²) in [5.74, 6) is -0.135. The largest absolute Gasteiger partial charge is 0.381 e. The van der Waals surface area contributed by atoms with Crippen LogP contribution in [0.15, 0.2) is 12.1 Å². The van der Waals surface area contributed by atoms with Gasteiger partial charge in [-0.1, -0.05) is 6.92 Å². The van der Waals surface area contributed by atoms with E-state index in [1.54, 1.807) is 6.07 Å². The third-order valence-corrected chi connectivity index (χ3v) is 3.17. The standard InChI is InChI=1S/C14H19N3O4/c1-2-5-21-6-3-4-15-12-9-11-10(8-14(18)16-11)7-13(12)17(19)20/h7,9,15H,2-6,8H2,1H3,(H,16,18). The summed E-state index contributed by atoms with van der Waals surface area (Å²) in [6.45, 7) is 3.97. The zero-order chi connectivity index (χ0) is 15.2. The van der Waals surface area contributed by atoms with Crippen molar-refractivity contribution in [2.24, 2.45) is 0 Å². The topological polar surface area (TPSA) is 93.5 Å². The van der Waals surface area contributed by atoms with Crippen molar-refractivity contribution in [3.8, 4) is 0 Å². The van der Waals surface area contributed by atoms with Crippen LogP contribution in [0.4, 0.5) is 17.1 Å². The van der Waals surface area contributed by atoms with Gasteiger partial charge in [0.15, 0.2) is 0 Å². The Morgan fingerprint density at radius 2 is 2.24 bits per heavy atom. The number of amides is 1. The average molecular weight is 293 g/mol. The van der Waals surface area contributed by atoms with Gasteiger partial charge in [-0.05, 0) is 24.5 Å². The maximum Gasteiger partial charge on any atom is 0.292 e. The summed E-state index contributed by atoms with van der Waals surface area (Å²) in [4.78, 5) is 22.0. The van der Waals surface area contributed by atoms with Crippen LogP contribution in [-0.4, -0.2) is 30.6 Å². The Bertz CT molecular complexity index is 545. The quantitative estimate of drug-likeness (QED) is 0.436. The first-order valence-electron chi connectivity index (χ1n) is 7.04. The highest BCUT2D eigenvalue weighted by atomic mass is 16.6. The fourth-order valence-corrected chi connectivity index (χ4v) is 2.20. The van der Waals surface area contributed by atoms with Gasteiger partial charge in [0, 0.05) is 31.5 Å². The molecule has 2 N–H and O–H groups in total. The van der Waals surface area contributed by atoms with Crippen molar-refractivity contribution in [2.45, 2.75) is 26.2 Å². The van der Waals surface area contributed by atoms with Crippen molar-refractivity contribution in [2.75, 3.05) is 30.4 Å². The smallest absolute Gasteiger partial charge is 0.292 e. The predicted octanol–water partition coefficient (Wildman–Crippen LogP) is 2.32. The number of ether oxygens (including phenoxy) is 1. The molecule has 1 amide bonds. The summed E-state index contributed by atoms with van der Waals surface area (Å²) >= 11 is 0. The van der Waals surface area contributed by atoms with Crippen LogP contribution in [0.1, 0.15) is 25.3 Å². The van der Waals surface area contributed by atoms with Gasteiger partial charge in [0.1, 0.15) is 5.69 Å². The Morgan fingerprint density at radius 3 is 2.95 bits per heavy atom. The minimum Gasteiger partial charge on any atom is -0.381 e. The van der Waals surface area contributed by atoms with Gasteiger partial charge >= 0.3 is 0 Å². The van der Waals surface area contributed by atoms with Crippen LogP contribution in [-0.2, 0) is 16.0 Å². The Morgan fingerprint density at radius 1 is 1.43 bits per heavy atom. The highest BCUT2D eigenvalue weighted by Crippen LogP contribution is 2.34. The molecule has 0 atom stereocenters. The van der Waals surface area contributed by atoms with Crippen molar-refractivity contribution < 1.29 is 14.5 Å². The lowest BCUT2D eigenvalue weighted by Crippen LogP contribution is -2.08. The molecule has 2 rings (SSSR count). The Kier molecular flexibility index (Phi) is 5.10. The molecule has 21 heavy (non-hydrogen) atoms. The minimum atomic E-state index is -0.432. The van der Waals surface area contributed by atoms with E-state index in [4.69, 9.17) is 4.74 Å². The molecule has 0 bridgehead atoms. The number of nitrogens with one attached hydrogen (secondary N) is 2. The third kappa shape index (κ3) is 3.91. The van der Waals surface area contributed by atoms with E-state index in [1.165, 1.54) is 6.07 Å². The Labute approximate surface area is 122 Å². The number of anilines is 2. The number of hydrogen-bond donors (Lipinski definition) is 2. The third-order valence-electron chi connectivity index (χ3n) is 3.17. The minimum absolute atomic E-state index is 0.000253. The normalized spacial score (nSPS) is 12.9. The molecule has 1 aromatic rings. The number of fused-ring (bicyclic) bond motifs is 1. The Balaban J connectivity index is 1.99. The summed E-state index contributed by atoms with van der Waals surface area (Å²) in [7, 11) is 0. The lowest BCUT2D eigenvalue weighted by Gasteiger charge is -2.09. The second-order valence-electron chi connectivity index (χ2n) is 4.90. The number of hydrogen-bond acceptors (Lipinski definition) is 5. The van der Waals surface area contributed by atoms with Gasteiger partial charge in [-0.3, -0.25) is 14.9 Å². The van der Waals surface area contributed by atoms with E-state index in [0.29, 0.717) is 30.1 Å².